The van der Waals surface area contributed by atoms with Crippen LogP contribution in [0.5, 0.6) is 17.2 Å². The first-order valence-electron chi connectivity index (χ1n) is 11.8. The molecule has 0 N–H and O–H groups in total. The van der Waals surface area contributed by atoms with Crippen LogP contribution in [0.25, 0.3) is 6.08 Å². The molecule has 0 aliphatic carbocycles. The molecule has 196 valence electrons. The Morgan fingerprint density at radius 1 is 0.921 bits per heavy atom. The van der Waals surface area contributed by atoms with Crippen LogP contribution >= 0.6 is 12.2 Å². The number of carbonyl (C=O) groups excluding carboxylic acids is 2. The van der Waals surface area contributed by atoms with Gasteiger partial charge in [0.25, 0.3) is 5.91 Å². The largest absolute Gasteiger partial charge is 0.497 e. The van der Waals surface area contributed by atoms with Crippen molar-refractivity contribution in [1.82, 2.24) is 4.90 Å². The third-order valence-electron chi connectivity index (χ3n) is 5.99. The van der Waals surface area contributed by atoms with E-state index in [0.717, 1.165) is 5.56 Å². The van der Waals surface area contributed by atoms with Crippen molar-refractivity contribution in [2.24, 2.45) is 0 Å². The minimum atomic E-state index is -0.528. The highest BCUT2D eigenvalue weighted by atomic mass is 32.1. The summed E-state index contributed by atoms with van der Waals surface area (Å²) >= 11 is 5.61. The number of benzene rings is 3. The van der Waals surface area contributed by atoms with Gasteiger partial charge in [-0.05, 0) is 72.7 Å². The molecule has 0 spiro atoms. The zero-order chi connectivity index (χ0) is 27.2. The van der Waals surface area contributed by atoms with E-state index in [0.29, 0.717) is 35.1 Å². The predicted molar refractivity (Wildman–Crippen MR) is 148 cm³/mol. The topological polar surface area (TPSA) is 77.5 Å². The average Bonchev–Trinajstić information content (AvgIpc) is 3.16. The normalized spacial score (nSPS) is 14.2. The van der Waals surface area contributed by atoms with Gasteiger partial charge in [-0.15, -0.1) is 0 Å². The summed E-state index contributed by atoms with van der Waals surface area (Å²) < 4.78 is 21.6. The molecule has 0 saturated carbocycles. The molecule has 1 amide bonds. The van der Waals surface area contributed by atoms with E-state index in [1.165, 1.54) is 22.5 Å². The Morgan fingerprint density at radius 3 is 2.26 bits per heavy atom. The molecule has 0 bridgehead atoms. The van der Waals surface area contributed by atoms with Crippen molar-refractivity contribution in [3.8, 4) is 17.2 Å². The van der Waals surface area contributed by atoms with E-state index >= 15 is 0 Å². The SMILES string of the molecule is COC(=O)CN1C(=S)N(c2ccc(OC)cc2)C(=O)/C1=C/c1ccc(OCc2ccc(C)cc2)c(OC)c1. The predicted octanol–water partition coefficient (Wildman–Crippen LogP) is 4.74. The van der Waals surface area contributed by atoms with Gasteiger partial charge in [0.05, 0.1) is 27.0 Å². The first-order chi connectivity index (χ1) is 18.3. The zero-order valence-corrected chi connectivity index (χ0v) is 22.4. The number of ether oxygens (including phenoxy) is 4. The van der Waals surface area contributed by atoms with Gasteiger partial charge < -0.3 is 23.8 Å². The summed E-state index contributed by atoms with van der Waals surface area (Å²) in [6.45, 7) is 2.20. The van der Waals surface area contributed by atoms with Crippen LogP contribution in [0.15, 0.2) is 72.4 Å². The number of aryl methyl sites for hydroxylation is 1. The third kappa shape index (κ3) is 5.78. The summed E-state index contributed by atoms with van der Waals surface area (Å²) in [4.78, 5) is 28.5. The fraction of sp³-hybridized carbons (Fsp3) is 0.207. The Hall–Kier alpha value is -4.37. The number of anilines is 1. The maximum absolute atomic E-state index is 13.5. The number of amides is 1. The highest BCUT2D eigenvalue weighted by molar-refractivity contribution is 7.80. The molecule has 38 heavy (non-hydrogen) atoms. The van der Waals surface area contributed by atoms with E-state index in [1.54, 1.807) is 56.7 Å². The summed E-state index contributed by atoms with van der Waals surface area (Å²) in [5, 5.41) is 0.168. The van der Waals surface area contributed by atoms with Crippen molar-refractivity contribution in [2.75, 3.05) is 32.8 Å². The molecule has 0 atom stereocenters. The van der Waals surface area contributed by atoms with Crippen LogP contribution in [0.1, 0.15) is 16.7 Å². The molecule has 0 radical (unpaired) electrons. The summed E-state index contributed by atoms with van der Waals surface area (Å²) in [7, 11) is 4.40. The molecule has 0 unspecified atom stereocenters. The first-order valence-corrected chi connectivity index (χ1v) is 12.2. The van der Waals surface area contributed by atoms with Gasteiger partial charge in [0, 0.05) is 0 Å². The Labute approximate surface area is 227 Å². The average molecular weight is 533 g/mol. The van der Waals surface area contributed by atoms with Crippen LogP contribution in [0.3, 0.4) is 0 Å². The van der Waals surface area contributed by atoms with E-state index < -0.39 is 5.97 Å². The van der Waals surface area contributed by atoms with Gasteiger partial charge in [0.15, 0.2) is 16.6 Å². The molecule has 3 aromatic carbocycles. The number of thiocarbonyl (C=S) groups is 1. The second kappa shape index (κ2) is 11.8. The van der Waals surface area contributed by atoms with Crippen LogP contribution < -0.4 is 19.1 Å². The highest BCUT2D eigenvalue weighted by Crippen LogP contribution is 2.33. The van der Waals surface area contributed by atoms with Crippen LogP contribution in [0, 0.1) is 6.92 Å². The second-order valence-electron chi connectivity index (χ2n) is 8.50. The van der Waals surface area contributed by atoms with Crippen LogP contribution in [0.2, 0.25) is 0 Å². The van der Waals surface area contributed by atoms with Crippen LogP contribution in [-0.2, 0) is 20.9 Å². The van der Waals surface area contributed by atoms with Crippen molar-refractivity contribution in [2.45, 2.75) is 13.5 Å². The monoisotopic (exact) mass is 532 g/mol. The molecule has 1 heterocycles. The maximum atomic E-state index is 13.5. The quantitative estimate of drug-likeness (QED) is 0.222. The van der Waals surface area contributed by atoms with Crippen molar-refractivity contribution in [1.29, 1.82) is 0 Å². The molecule has 8 nitrogen and oxygen atoms in total. The van der Waals surface area contributed by atoms with E-state index in [2.05, 4.69) is 0 Å². The van der Waals surface area contributed by atoms with Gasteiger partial charge in [-0.25, -0.2) is 0 Å². The van der Waals surface area contributed by atoms with Gasteiger partial charge in [-0.3, -0.25) is 14.5 Å². The molecular weight excluding hydrogens is 504 g/mol. The fourth-order valence-corrected chi connectivity index (χ4v) is 4.23. The number of hydrogen-bond acceptors (Lipinski definition) is 7. The van der Waals surface area contributed by atoms with Crippen molar-refractivity contribution >= 4 is 41.0 Å². The lowest BCUT2D eigenvalue weighted by Gasteiger charge is -2.19. The van der Waals surface area contributed by atoms with Gasteiger partial charge in [-0.1, -0.05) is 35.9 Å². The summed E-state index contributed by atoms with van der Waals surface area (Å²) in [5.74, 6) is 0.814. The van der Waals surface area contributed by atoms with Gasteiger partial charge in [0.2, 0.25) is 0 Å². The standard InChI is InChI=1S/C29H28N2O6S/c1-19-5-7-20(8-6-19)18-37-25-14-9-21(16-26(25)35-3)15-24-28(33)31(22-10-12-23(34-2)13-11-22)29(38)30(24)17-27(32)36-4/h5-16H,17-18H2,1-4H3/b24-15-. The van der Waals surface area contributed by atoms with Crippen molar-refractivity contribution in [3.63, 3.8) is 0 Å². The molecule has 9 heteroatoms. The van der Waals surface area contributed by atoms with E-state index in [9.17, 15) is 9.59 Å². The van der Waals surface area contributed by atoms with Crippen molar-refractivity contribution < 1.29 is 28.5 Å². The lowest BCUT2D eigenvalue weighted by molar-refractivity contribution is -0.140. The molecule has 1 aliphatic heterocycles. The molecule has 1 aliphatic rings. The molecule has 4 rings (SSSR count). The lowest BCUT2D eigenvalue weighted by atomic mass is 10.1. The molecule has 1 saturated heterocycles. The van der Waals surface area contributed by atoms with Crippen LogP contribution in [0.4, 0.5) is 5.69 Å². The first kappa shape index (κ1) is 26.7. The number of hydrogen-bond donors (Lipinski definition) is 0. The lowest BCUT2D eigenvalue weighted by Crippen LogP contribution is -2.35. The van der Waals surface area contributed by atoms with E-state index in [1.807, 2.05) is 37.3 Å². The highest BCUT2D eigenvalue weighted by Gasteiger charge is 2.40. The Kier molecular flexibility index (Phi) is 8.28. The smallest absolute Gasteiger partial charge is 0.325 e. The Balaban J connectivity index is 1.63. The summed E-state index contributed by atoms with van der Waals surface area (Å²) in [6, 6.07) is 20.4. The Morgan fingerprint density at radius 2 is 1.63 bits per heavy atom. The number of methoxy groups -OCH3 is 3. The van der Waals surface area contributed by atoms with Gasteiger partial charge in [0.1, 0.15) is 24.6 Å². The van der Waals surface area contributed by atoms with Crippen molar-refractivity contribution in [3.05, 3.63) is 89.1 Å². The third-order valence-corrected chi connectivity index (χ3v) is 6.39. The molecule has 3 aromatic rings. The molecule has 0 aromatic heterocycles. The van der Waals surface area contributed by atoms with E-state index in [-0.39, 0.29) is 23.3 Å². The van der Waals surface area contributed by atoms with Crippen LogP contribution in [-0.4, -0.2) is 49.8 Å². The fourth-order valence-electron chi connectivity index (χ4n) is 3.88. The maximum Gasteiger partial charge on any atom is 0.325 e. The van der Waals surface area contributed by atoms with E-state index in [4.69, 9.17) is 31.2 Å². The zero-order valence-electron chi connectivity index (χ0n) is 21.6. The second-order valence-corrected chi connectivity index (χ2v) is 8.86. The number of nitrogens with zero attached hydrogens (tertiary/aromatic N) is 2. The molecule has 1 fully saturated rings. The minimum absolute atomic E-state index is 0.168. The minimum Gasteiger partial charge on any atom is -0.497 e. The summed E-state index contributed by atoms with van der Waals surface area (Å²) in [5.41, 5.74) is 3.66. The molecular formula is C29H28N2O6S. The van der Waals surface area contributed by atoms with Gasteiger partial charge in [-0.2, -0.15) is 0 Å². The number of rotatable bonds is 9. The van der Waals surface area contributed by atoms with Gasteiger partial charge >= 0.3 is 5.97 Å². The number of esters is 1. The number of carbonyl (C=O) groups is 2. The summed E-state index contributed by atoms with van der Waals surface area (Å²) in [6.07, 6.45) is 1.66. The Bertz CT molecular complexity index is 1370.